The van der Waals surface area contributed by atoms with Crippen molar-refractivity contribution in [2.45, 2.75) is 45.1 Å². The van der Waals surface area contributed by atoms with Crippen LogP contribution in [-0.2, 0) is 0 Å². The van der Waals surface area contributed by atoms with Gasteiger partial charge in [0.05, 0.1) is 6.20 Å². The highest BCUT2D eigenvalue weighted by molar-refractivity contribution is 5.01. The first kappa shape index (κ1) is 10.7. The Balaban J connectivity index is 1.93. The lowest BCUT2D eigenvalue weighted by molar-refractivity contribution is 0.0984. The molecule has 1 aliphatic heterocycles. The lowest BCUT2D eigenvalue weighted by Gasteiger charge is -2.40. The van der Waals surface area contributed by atoms with Gasteiger partial charge < -0.3 is 4.42 Å². The number of aromatic nitrogens is 1. The largest absolute Gasteiger partial charge is 0.448 e. The van der Waals surface area contributed by atoms with Gasteiger partial charge in [-0.05, 0) is 46.7 Å². The normalized spacial score (nSPS) is 20.7. The first-order chi connectivity index (χ1) is 7.07. The smallest absolute Gasteiger partial charge is 0.180 e. The van der Waals surface area contributed by atoms with E-state index in [0.29, 0.717) is 11.5 Å². The summed E-state index contributed by atoms with van der Waals surface area (Å²) in [7, 11) is 0. The molecule has 2 rings (SSSR count). The molecular weight excluding hydrogens is 188 g/mol. The second-order valence-electron chi connectivity index (χ2n) is 5.34. The summed E-state index contributed by atoms with van der Waals surface area (Å²) in [6, 6.07) is 0. The van der Waals surface area contributed by atoms with Crippen LogP contribution in [0, 0.1) is 0 Å². The highest BCUT2D eigenvalue weighted by atomic mass is 16.3. The van der Waals surface area contributed by atoms with Crippen LogP contribution in [0.5, 0.6) is 0 Å². The molecule has 0 N–H and O–H groups in total. The van der Waals surface area contributed by atoms with Crippen molar-refractivity contribution in [1.82, 2.24) is 9.88 Å². The maximum absolute atomic E-state index is 5.36. The van der Waals surface area contributed by atoms with Gasteiger partial charge in [-0.1, -0.05) is 0 Å². The Morgan fingerprint density at radius 2 is 2.00 bits per heavy atom. The Morgan fingerprint density at radius 3 is 2.47 bits per heavy atom. The Bertz CT molecular complexity index is 292. The molecule has 0 aliphatic carbocycles. The average Bonchev–Trinajstić information content (AvgIpc) is 2.69. The van der Waals surface area contributed by atoms with Gasteiger partial charge in [-0.25, -0.2) is 4.98 Å². The fourth-order valence-corrected chi connectivity index (χ4v) is 2.26. The van der Waals surface area contributed by atoms with Gasteiger partial charge in [-0.3, -0.25) is 4.90 Å². The van der Waals surface area contributed by atoms with E-state index in [1.54, 1.807) is 0 Å². The van der Waals surface area contributed by atoms with Crippen LogP contribution in [0.4, 0.5) is 0 Å². The summed E-state index contributed by atoms with van der Waals surface area (Å²) < 4.78 is 5.36. The van der Waals surface area contributed by atoms with E-state index in [1.807, 2.05) is 6.20 Å². The van der Waals surface area contributed by atoms with E-state index in [-0.39, 0.29) is 0 Å². The molecule has 1 saturated heterocycles. The Labute approximate surface area is 91.5 Å². The zero-order valence-corrected chi connectivity index (χ0v) is 9.86. The van der Waals surface area contributed by atoms with Crippen molar-refractivity contribution >= 4 is 0 Å². The van der Waals surface area contributed by atoms with E-state index in [0.717, 1.165) is 18.8 Å². The van der Waals surface area contributed by atoms with Crippen LogP contribution in [-0.4, -0.2) is 28.5 Å². The van der Waals surface area contributed by atoms with Crippen molar-refractivity contribution in [1.29, 1.82) is 0 Å². The molecule has 1 aromatic rings. The first-order valence-electron chi connectivity index (χ1n) is 5.71. The van der Waals surface area contributed by atoms with E-state index >= 15 is 0 Å². The van der Waals surface area contributed by atoms with E-state index in [2.05, 4.69) is 30.7 Å². The van der Waals surface area contributed by atoms with Crippen LogP contribution in [0.1, 0.15) is 45.3 Å². The van der Waals surface area contributed by atoms with Crippen LogP contribution >= 0.6 is 0 Å². The molecule has 0 bridgehead atoms. The molecule has 0 radical (unpaired) electrons. The molecule has 15 heavy (non-hydrogen) atoms. The molecule has 1 fully saturated rings. The summed E-state index contributed by atoms with van der Waals surface area (Å²) in [6.07, 6.45) is 5.77. The lowest BCUT2D eigenvalue weighted by Crippen LogP contribution is -2.45. The monoisotopic (exact) mass is 208 g/mol. The van der Waals surface area contributed by atoms with Gasteiger partial charge in [0.2, 0.25) is 0 Å². The van der Waals surface area contributed by atoms with Gasteiger partial charge in [0.15, 0.2) is 6.39 Å². The van der Waals surface area contributed by atoms with Crippen molar-refractivity contribution < 1.29 is 4.42 Å². The summed E-state index contributed by atoms with van der Waals surface area (Å²) in [5, 5.41) is 0. The minimum Gasteiger partial charge on any atom is -0.448 e. The van der Waals surface area contributed by atoms with Gasteiger partial charge in [0.1, 0.15) is 5.76 Å². The molecule has 0 spiro atoms. The van der Waals surface area contributed by atoms with Crippen molar-refractivity contribution in [2.75, 3.05) is 13.1 Å². The van der Waals surface area contributed by atoms with Gasteiger partial charge in [0.25, 0.3) is 0 Å². The van der Waals surface area contributed by atoms with E-state index in [4.69, 9.17) is 4.42 Å². The zero-order valence-electron chi connectivity index (χ0n) is 9.86. The minimum absolute atomic E-state index is 0.298. The lowest BCUT2D eigenvalue weighted by atomic mass is 9.91. The average molecular weight is 208 g/mol. The first-order valence-corrected chi connectivity index (χ1v) is 5.71. The predicted octanol–water partition coefficient (Wildman–Crippen LogP) is 2.65. The van der Waals surface area contributed by atoms with Crippen molar-refractivity contribution in [3.05, 3.63) is 18.4 Å². The second-order valence-corrected chi connectivity index (χ2v) is 5.34. The number of rotatable bonds is 1. The van der Waals surface area contributed by atoms with Crippen molar-refractivity contribution in [3.8, 4) is 0 Å². The topological polar surface area (TPSA) is 29.3 Å². The fraction of sp³-hybridized carbons (Fsp3) is 0.750. The number of hydrogen-bond donors (Lipinski definition) is 0. The van der Waals surface area contributed by atoms with Gasteiger partial charge >= 0.3 is 0 Å². The van der Waals surface area contributed by atoms with E-state index < -0.39 is 0 Å². The molecule has 3 heteroatoms. The molecule has 0 atom stereocenters. The van der Waals surface area contributed by atoms with Gasteiger partial charge in [-0.15, -0.1) is 0 Å². The number of likely N-dealkylation sites (tertiary alicyclic amines) is 1. The second kappa shape index (κ2) is 3.97. The Hall–Kier alpha value is -0.830. The van der Waals surface area contributed by atoms with Crippen LogP contribution < -0.4 is 0 Å². The molecule has 0 amide bonds. The number of oxazole rings is 1. The SMILES string of the molecule is CC(C)(C)N1CCC(c2cnco2)CC1. The maximum Gasteiger partial charge on any atom is 0.180 e. The fourth-order valence-electron chi connectivity index (χ4n) is 2.26. The Morgan fingerprint density at radius 1 is 1.33 bits per heavy atom. The molecular formula is C12H20N2O. The zero-order chi connectivity index (χ0) is 10.9. The quantitative estimate of drug-likeness (QED) is 0.710. The molecule has 0 unspecified atom stereocenters. The molecule has 1 aliphatic rings. The van der Waals surface area contributed by atoms with Gasteiger partial charge in [-0.2, -0.15) is 0 Å². The summed E-state index contributed by atoms with van der Waals surface area (Å²) in [6.45, 7) is 9.16. The molecule has 0 saturated carbocycles. The third-order valence-corrected chi connectivity index (χ3v) is 3.30. The van der Waals surface area contributed by atoms with E-state index in [9.17, 15) is 0 Å². The number of piperidine rings is 1. The summed E-state index contributed by atoms with van der Waals surface area (Å²) in [4.78, 5) is 6.53. The van der Waals surface area contributed by atoms with Crippen molar-refractivity contribution in [2.24, 2.45) is 0 Å². The maximum atomic E-state index is 5.36. The van der Waals surface area contributed by atoms with Gasteiger partial charge in [0, 0.05) is 11.5 Å². The minimum atomic E-state index is 0.298. The predicted molar refractivity (Wildman–Crippen MR) is 59.8 cm³/mol. The van der Waals surface area contributed by atoms with Crippen molar-refractivity contribution in [3.63, 3.8) is 0 Å². The standard InChI is InChI=1S/C12H20N2O/c1-12(2,3)14-6-4-10(5-7-14)11-8-13-9-15-11/h8-10H,4-7H2,1-3H3. The third kappa shape index (κ3) is 2.40. The molecule has 1 aromatic heterocycles. The van der Waals surface area contributed by atoms with E-state index in [1.165, 1.54) is 19.2 Å². The molecule has 0 aromatic carbocycles. The van der Waals surface area contributed by atoms with Crippen LogP contribution in [0.15, 0.2) is 17.0 Å². The third-order valence-electron chi connectivity index (χ3n) is 3.30. The molecule has 3 nitrogen and oxygen atoms in total. The highest BCUT2D eigenvalue weighted by Gasteiger charge is 2.28. The molecule has 2 heterocycles. The van der Waals surface area contributed by atoms with Crippen LogP contribution in [0.3, 0.4) is 0 Å². The number of nitrogens with zero attached hydrogens (tertiary/aromatic N) is 2. The number of hydrogen-bond acceptors (Lipinski definition) is 3. The summed E-state index contributed by atoms with van der Waals surface area (Å²) in [5.41, 5.74) is 0.298. The summed E-state index contributed by atoms with van der Waals surface area (Å²) >= 11 is 0. The van der Waals surface area contributed by atoms with Crippen LogP contribution in [0.25, 0.3) is 0 Å². The highest BCUT2D eigenvalue weighted by Crippen LogP contribution is 2.30. The summed E-state index contributed by atoms with van der Waals surface area (Å²) in [5.74, 6) is 1.63. The Kier molecular flexibility index (Phi) is 2.83. The molecule has 84 valence electrons. The van der Waals surface area contributed by atoms with Crippen LogP contribution in [0.2, 0.25) is 0 Å².